The molecule has 0 spiro atoms. The van der Waals surface area contributed by atoms with Gasteiger partial charge in [0.15, 0.2) is 0 Å². The van der Waals surface area contributed by atoms with E-state index in [-0.39, 0.29) is 18.3 Å². The Morgan fingerprint density at radius 2 is 1.68 bits per heavy atom. The summed E-state index contributed by atoms with van der Waals surface area (Å²) in [6, 6.07) is 6.27. The lowest BCUT2D eigenvalue weighted by Crippen LogP contribution is -2.41. The van der Waals surface area contributed by atoms with Crippen molar-refractivity contribution in [1.82, 2.24) is 0 Å². The minimum Gasteiger partial charge on any atom is -0.400 e. The maximum absolute atomic E-state index is 5.92. The number of aryl methyl sites for hydroxylation is 1. The first-order valence-electron chi connectivity index (χ1n) is 6.51. The molecule has 1 fully saturated rings. The lowest BCUT2D eigenvalue weighted by atomic mass is 9.89. The van der Waals surface area contributed by atoms with Crippen LogP contribution in [0.5, 0.6) is 0 Å². The summed E-state index contributed by atoms with van der Waals surface area (Å²) in [5, 5.41) is 0. The smallest absolute Gasteiger partial charge is 0.400 e. The molecule has 1 aliphatic heterocycles. The fourth-order valence-electron chi connectivity index (χ4n) is 1.87. The number of halogens is 1. The molecule has 1 aromatic carbocycles. The molecular weight excluding hydrogens is 303 g/mol. The number of rotatable bonds is 2. The first-order valence-corrected chi connectivity index (χ1v) is 7.31. The van der Waals surface area contributed by atoms with Gasteiger partial charge in [0, 0.05) is 4.47 Å². The highest BCUT2D eigenvalue weighted by Crippen LogP contribution is 2.37. The molecule has 1 heterocycles. The second-order valence-corrected chi connectivity index (χ2v) is 6.85. The Balaban J connectivity index is 2.10. The summed E-state index contributed by atoms with van der Waals surface area (Å²) >= 11 is 3.54. The highest BCUT2D eigenvalue weighted by Gasteiger charge is 2.49. The summed E-state index contributed by atoms with van der Waals surface area (Å²) in [4.78, 5) is 0. The third-order valence-corrected chi connectivity index (χ3v) is 4.77. The predicted molar refractivity (Wildman–Crippen MR) is 84.0 cm³/mol. The lowest BCUT2D eigenvalue weighted by molar-refractivity contribution is 0.00578. The molecule has 0 atom stereocenters. The minimum atomic E-state index is -0.287. The highest BCUT2D eigenvalue weighted by molar-refractivity contribution is 9.10. The topological polar surface area (TPSA) is 18.5 Å². The normalized spacial score (nSPS) is 21.3. The molecule has 2 rings (SSSR count). The molecule has 0 unspecified atom stereocenters. The number of hydrogen-bond donors (Lipinski definition) is 0. The Bertz CT molecular complexity index is 493. The largest absolute Gasteiger partial charge is 0.487 e. The van der Waals surface area contributed by atoms with E-state index >= 15 is 0 Å². The zero-order chi connectivity index (χ0) is 14.3. The van der Waals surface area contributed by atoms with Crippen LogP contribution >= 0.6 is 15.9 Å². The molecule has 0 aromatic heterocycles. The van der Waals surface area contributed by atoms with E-state index in [9.17, 15) is 0 Å². The summed E-state index contributed by atoms with van der Waals surface area (Å²) < 4.78 is 13.0. The summed E-state index contributed by atoms with van der Waals surface area (Å²) in [5.74, 6) is 1.97. The van der Waals surface area contributed by atoms with Crippen LogP contribution in [0.25, 0.3) is 6.08 Å². The van der Waals surface area contributed by atoms with Gasteiger partial charge < -0.3 is 9.31 Å². The molecule has 19 heavy (non-hydrogen) atoms. The fourth-order valence-corrected chi connectivity index (χ4v) is 2.27. The first-order chi connectivity index (χ1) is 8.71. The monoisotopic (exact) mass is 322 g/mol. The average molecular weight is 323 g/mol. The highest BCUT2D eigenvalue weighted by atomic mass is 79.9. The van der Waals surface area contributed by atoms with Gasteiger partial charge in [0.2, 0.25) is 0 Å². The van der Waals surface area contributed by atoms with Gasteiger partial charge in [-0.15, -0.1) is 0 Å². The van der Waals surface area contributed by atoms with Gasteiger partial charge in [-0.2, -0.15) is 0 Å². The third kappa shape index (κ3) is 3.12. The molecule has 2 nitrogen and oxygen atoms in total. The summed E-state index contributed by atoms with van der Waals surface area (Å²) in [6.45, 7) is 10.3. The van der Waals surface area contributed by atoms with Crippen molar-refractivity contribution in [2.24, 2.45) is 0 Å². The molecule has 102 valence electrons. The quantitative estimate of drug-likeness (QED) is 0.751. The molecular formula is C15H20BBrO2. The van der Waals surface area contributed by atoms with Gasteiger partial charge in [0.25, 0.3) is 0 Å². The van der Waals surface area contributed by atoms with Crippen LogP contribution in [-0.2, 0) is 9.31 Å². The first kappa shape index (κ1) is 14.8. The van der Waals surface area contributed by atoms with Crippen molar-refractivity contribution in [2.45, 2.75) is 45.8 Å². The molecule has 0 bridgehead atoms. The van der Waals surface area contributed by atoms with Crippen molar-refractivity contribution in [1.29, 1.82) is 0 Å². The summed E-state index contributed by atoms with van der Waals surface area (Å²) in [6.07, 6.45) is 2.03. The maximum Gasteiger partial charge on any atom is 0.487 e. The number of hydrogen-bond acceptors (Lipinski definition) is 2. The van der Waals surface area contributed by atoms with Gasteiger partial charge in [-0.05, 0) is 51.8 Å². The summed E-state index contributed by atoms with van der Waals surface area (Å²) in [5.41, 5.74) is 1.80. The molecule has 0 radical (unpaired) electrons. The molecule has 0 saturated carbocycles. The fraction of sp³-hybridized carbons (Fsp3) is 0.467. The van der Waals surface area contributed by atoms with Crippen LogP contribution in [0.1, 0.15) is 38.8 Å². The predicted octanol–water partition coefficient (Wildman–Crippen LogP) is 4.40. The van der Waals surface area contributed by atoms with E-state index in [0.29, 0.717) is 0 Å². The Morgan fingerprint density at radius 1 is 1.11 bits per heavy atom. The molecule has 1 aliphatic rings. The van der Waals surface area contributed by atoms with E-state index in [1.54, 1.807) is 0 Å². The zero-order valence-electron chi connectivity index (χ0n) is 12.2. The van der Waals surface area contributed by atoms with Gasteiger partial charge in [-0.25, -0.2) is 0 Å². The van der Waals surface area contributed by atoms with E-state index in [1.165, 1.54) is 5.56 Å². The standard InChI is InChI=1S/C15H20BBrO2/c1-11-6-7-12(10-13(11)17)8-9-16-18-14(2,3)15(4,5)19-16/h6-10H,1-5H3/b9-8+. The average Bonchev–Trinajstić information content (AvgIpc) is 2.49. The number of benzene rings is 1. The van der Waals surface area contributed by atoms with Crippen LogP contribution in [-0.4, -0.2) is 18.3 Å². The molecule has 0 amide bonds. The van der Waals surface area contributed by atoms with Crippen LogP contribution in [0.2, 0.25) is 0 Å². The molecule has 0 N–H and O–H groups in total. The zero-order valence-corrected chi connectivity index (χ0v) is 13.7. The maximum atomic E-state index is 5.92. The second kappa shape index (κ2) is 5.08. The van der Waals surface area contributed by atoms with Crippen LogP contribution < -0.4 is 0 Å². The van der Waals surface area contributed by atoms with Crippen molar-refractivity contribution in [3.05, 3.63) is 39.8 Å². The van der Waals surface area contributed by atoms with E-state index in [4.69, 9.17) is 9.31 Å². The van der Waals surface area contributed by atoms with E-state index in [1.807, 2.05) is 12.1 Å². The Morgan fingerprint density at radius 3 is 2.21 bits per heavy atom. The van der Waals surface area contributed by atoms with Crippen molar-refractivity contribution in [3.8, 4) is 0 Å². The van der Waals surface area contributed by atoms with Crippen molar-refractivity contribution in [3.63, 3.8) is 0 Å². The van der Waals surface area contributed by atoms with Crippen molar-refractivity contribution in [2.75, 3.05) is 0 Å². The molecule has 4 heteroatoms. The van der Waals surface area contributed by atoms with Crippen LogP contribution in [0.3, 0.4) is 0 Å². The van der Waals surface area contributed by atoms with Gasteiger partial charge in [0.1, 0.15) is 0 Å². The van der Waals surface area contributed by atoms with Crippen molar-refractivity contribution >= 4 is 29.1 Å². The van der Waals surface area contributed by atoms with Gasteiger partial charge in [-0.3, -0.25) is 0 Å². The Hall–Kier alpha value is -0.575. The van der Waals surface area contributed by atoms with Gasteiger partial charge in [-0.1, -0.05) is 40.1 Å². The van der Waals surface area contributed by atoms with Crippen LogP contribution in [0, 0.1) is 6.92 Å². The van der Waals surface area contributed by atoms with Gasteiger partial charge >= 0.3 is 7.12 Å². The van der Waals surface area contributed by atoms with E-state index in [2.05, 4.69) is 68.7 Å². The Kier molecular flexibility index (Phi) is 3.96. The molecule has 0 aliphatic carbocycles. The second-order valence-electron chi connectivity index (χ2n) is 5.99. The summed E-state index contributed by atoms with van der Waals surface area (Å²) in [7, 11) is -0.287. The van der Waals surface area contributed by atoms with E-state index < -0.39 is 0 Å². The van der Waals surface area contributed by atoms with Gasteiger partial charge in [0.05, 0.1) is 11.2 Å². The Labute approximate surface area is 124 Å². The lowest BCUT2D eigenvalue weighted by Gasteiger charge is -2.32. The van der Waals surface area contributed by atoms with Crippen molar-refractivity contribution < 1.29 is 9.31 Å². The SMILES string of the molecule is Cc1ccc(/C=C/B2OC(C)(C)C(C)(C)O2)cc1Br. The van der Waals surface area contributed by atoms with Crippen LogP contribution in [0.15, 0.2) is 28.6 Å². The molecule has 1 saturated heterocycles. The molecule has 1 aromatic rings. The minimum absolute atomic E-state index is 0.282. The van der Waals surface area contributed by atoms with E-state index in [0.717, 1.165) is 10.0 Å². The van der Waals surface area contributed by atoms with Crippen LogP contribution in [0.4, 0.5) is 0 Å². The third-order valence-electron chi connectivity index (χ3n) is 3.91.